The van der Waals surface area contributed by atoms with Crippen molar-refractivity contribution in [2.75, 3.05) is 0 Å². The molecule has 7 aromatic rings. The van der Waals surface area contributed by atoms with Gasteiger partial charge in [0.25, 0.3) is 0 Å². The van der Waals surface area contributed by atoms with Crippen LogP contribution in [-0.2, 0) is 24.7 Å². The van der Waals surface area contributed by atoms with E-state index in [0.29, 0.717) is 72.9 Å². The Kier molecular flexibility index (Phi) is 15.6. The summed E-state index contributed by atoms with van der Waals surface area (Å²) in [5, 5.41) is 0. The van der Waals surface area contributed by atoms with Crippen molar-refractivity contribution in [3.05, 3.63) is 156 Å². The minimum absolute atomic E-state index is 0.274. The van der Waals surface area contributed by atoms with Gasteiger partial charge < -0.3 is 9.97 Å². The largest absolute Gasteiger partial charge is 0.416 e. The SMILES string of the molecule is FC(F)(F)c1ccc(-c2c3nc(c(-c4ccc(C(F)(F)F)cc4)c4[nH]c(c(I)c4I)c(-c4ccc(C(F)(F)F)cc4)c4nc(c(-c5ccc(C(F)(F)F)cc5)c5[nH]c2c(I)c5I)C(I)=C4I)C(I)=C3I)cc1. The number of nitrogens with zero attached hydrogens (tertiary/aromatic N) is 2. The van der Waals surface area contributed by atoms with E-state index in [9.17, 15) is 52.7 Å². The molecule has 0 unspecified atom stereocenters. The molecule has 2 aliphatic rings. The van der Waals surface area contributed by atoms with Crippen LogP contribution in [0.2, 0.25) is 0 Å². The highest BCUT2D eigenvalue weighted by atomic mass is 127. The maximum absolute atomic E-state index is 14.1. The fourth-order valence-corrected chi connectivity index (χ4v) is 13.3. The number of fused-ring (bicyclic) bond motifs is 8. The summed E-state index contributed by atoms with van der Waals surface area (Å²) in [4.78, 5) is 17.5. The summed E-state index contributed by atoms with van der Waals surface area (Å²) in [7, 11) is 0. The van der Waals surface area contributed by atoms with Gasteiger partial charge in [-0.3, -0.25) is 0 Å². The number of H-pyrrole nitrogens is 2. The smallest absolute Gasteiger partial charge is 0.353 e. The molecule has 4 aromatic carbocycles. The van der Waals surface area contributed by atoms with Gasteiger partial charge in [-0.05, 0) is 252 Å². The number of aromatic amines is 2. The molecule has 2 N–H and O–H groups in total. The molecule has 370 valence electrons. The van der Waals surface area contributed by atoms with Gasteiger partial charge in [0.2, 0.25) is 0 Å². The second-order valence-electron chi connectivity index (χ2n) is 15.7. The average molecular weight is 1890 g/mol. The van der Waals surface area contributed by atoms with E-state index in [1.54, 1.807) is 0 Å². The lowest BCUT2D eigenvalue weighted by atomic mass is 10.0. The third-order valence-electron chi connectivity index (χ3n) is 11.4. The zero-order valence-electron chi connectivity index (χ0n) is 34.7. The summed E-state index contributed by atoms with van der Waals surface area (Å²) in [5.41, 5.74) is 1.31. The summed E-state index contributed by atoms with van der Waals surface area (Å²) in [5.74, 6) is 0. The van der Waals surface area contributed by atoms with Gasteiger partial charge in [0, 0.05) is 22.3 Å². The number of rotatable bonds is 4. The zero-order valence-corrected chi connectivity index (χ0v) is 52.0. The predicted octanol–water partition coefficient (Wildman–Crippen LogP) is 20.9. The molecule has 4 nitrogen and oxygen atoms in total. The summed E-state index contributed by atoms with van der Waals surface area (Å²) < 4.78 is 173. The van der Waals surface area contributed by atoms with Gasteiger partial charge in [-0.2, -0.15) is 52.7 Å². The predicted molar refractivity (Wildman–Crippen MR) is 323 cm³/mol. The third-order valence-corrected chi connectivity index (χ3v) is 24.0. The Labute approximate surface area is 508 Å². The molecule has 72 heavy (non-hydrogen) atoms. The van der Waals surface area contributed by atoms with Crippen LogP contribution in [0.25, 0.3) is 80.9 Å². The van der Waals surface area contributed by atoms with Crippen LogP contribution in [0.5, 0.6) is 0 Å². The molecule has 0 aliphatic carbocycles. The standard InChI is InChI=1S/C48H18F12I8N4/c49-45(50,51)21-9-1-17(2-10-21)25-37-29(61)31(63)39(69-37)26(18-3-11-22(12-4-18)46(52,53)54)41-33(65)35(67)43(71-41)28(20-7-15-24(16-8-20)48(58,59)60)44-36(68)34(66)42(72-44)27(40-32(64)30(62)38(25)70-40)19-5-13-23(14-6-19)47(55,56)57/h1-16,69,72H. The van der Waals surface area contributed by atoms with Gasteiger partial charge >= 0.3 is 24.7 Å². The number of benzene rings is 4. The topological polar surface area (TPSA) is 57.4 Å². The van der Waals surface area contributed by atoms with E-state index < -0.39 is 47.0 Å². The number of nitrogens with one attached hydrogen (secondary N) is 2. The summed E-state index contributed by atoms with van der Waals surface area (Å²) >= 11 is 16.6. The van der Waals surface area contributed by atoms with Crippen LogP contribution in [0.1, 0.15) is 45.0 Å². The number of halogens is 20. The first-order chi connectivity index (χ1) is 33.6. The van der Waals surface area contributed by atoms with Gasteiger partial charge in [-0.15, -0.1) is 0 Å². The maximum Gasteiger partial charge on any atom is 0.416 e. The molecule has 9 rings (SSSR count). The average Bonchev–Trinajstić information content (AvgIpc) is 3.97. The summed E-state index contributed by atoms with van der Waals surface area (Å²) in [6.07, 6.45) is -18.7. The van der Waals surface area contributed by atoms with Crippen LogP contribution in [-0.4, -0.2) is 19.9 Å². The molecule has 0 saturated carbocycles. The highest BCUT2D eigenvalue weighted by molar-refractivity contribution is 14.1. The Morgan fingerprint density at radius 2 is 0.444 bits per heavy atom. The number of hydrogen-bond donors (Lipinski definition) is 2. The quantitative estimate of drug-likeness (QED) is 0.136. The molecule has 2 aliphatic heterocycles. The Hall–Kier alpha value is -1.52. The molecule has 0 amide bonds. The van der Waals surface area contributed by atoms with E-state index in [1.165, 1.54) is 48.5 Å². The van der Waals surface area contributed by atoms with Crippen molar-refractivity contribution in [1.29, 1.82) is 0 Å². The Bertz CT molecular complexity index is 3160. The summed E-state index contributed by atoms with van der Waals surface area (Å²) in [6.45, 7) is 0. The van der Waals surface area contributed by atoms with Crippen molar-refractivity contribution >= 4 is 217 Å². The molecular formula is C48H18F12I8N4. The van der Waals surface area contributed by atoms with Gasteiger partial charge in [-0.1, -0.05) is 48.5 Å². The van der Waals surface area contributed by atoms with Crippen LogP contribution in [0.15, 0.2) is 97.1 Å². The lowest BCUT2D eigenvalue weighted by Crippen LogP contribution is -2.04. The first-order valence-electron chi connectivity index (χ1n) is 20.0. The normalized spacial score (nSPS) is 13.7. The summed E-state index contributed by atoms with van der Waals surface area (Å²) in [6, 6.07) is 17.9. The fourth-order valence-electron chi connectivity index (χ4n) is 8.00. The van der Waals surface area contributed by atoms with Crippen molar-refractivity contribution < 1.29 is 52.7 Å². The minimum Gasteiger partial charge on any atom is -0.353 e. The van der Waals surface area contributed by atoms with Gasteiger partial charge in [-0.25, -0.2) is 9.97 Å². The highest BCUT2D eigenvalue weighted by Gasteiger charge is 2.36. The first-order valence-corrected chi connectivity index (χ1v) is 28.6. The van der Waals surface area contributed by atoms with Crippen molar-refractivity contribution in [1.82, 2.24) is 19.9 Å². The number of hydrogen-bond acceptors (Lipinski definition) is 2. The Balaban J connectivity index is 1.57. The maximum atomic E-state index is 14.1. The molecule has 0 atom stereocenters. The zero-order chi connectivity index (χ0) is 52.3. The molecule has 24 heteroatoms. The lowest BCUT2D eigenvalue weighted by Gasteiger charge is -2.11. The second kappa shape index (κ2) is 20.4. The van der Waals surface area contributed by atoms with E-state index in [-0.39, 0.29) is 45.0 Å². The van der Waals surface area contributed by atoms with E-state index in [4.69, 9.17) is 9.97 Å². The molecule has 0 fully saturated rings. The Morgan fingerprint density at radius 3 is 0.597 bits per heavy atom. The van der Waals surface area contributed by atoms with Crippen LogP contribution < -0.4 is 0 Å². The van der Waals surface area contributed by atoms with Gasteiger partial charge in [0.15, 0.2) is 0 Å². The number of alkyl halides is 12. The van der Waals surface area contributed by atoms with Crippen LogP contribution in [0.3, 0.4) is 0 Å². The first kappa shape index (κ1) is 55.2. The molecular weight excluding hydrogens is 1880 g/mol. The fraction of sp³-hybridized carbons (Fsp3) is 0.0833. The van der Waals surface area contributed by atoms with Gasteiger partial charge in [0.05, 0.1) is 95.7 Å². The van der Waals surface area contributed by atoms with Crippen molar-refractivity contribution in [3.63, 3.8) is 0 Å². The van der Waals surface area contributed by atoms with Crippen molar-refractivity contribution in [2.45, 2.75) is 24.7 Å². The molecule has 0 spiro atoms. The van der Waals surface area contributed by atoms with Crippen LogP contribution in [0, 0.1) is 14.3 Å². The van der Waals surface area contributed by atoms with Crippen molar-refractivity contribution in [2.24, 2.45) is 0 Å². The van der Waals surface area contributed by atoms with Crippen LogP contribution in [0.4, 0.5) is 52.7 Å². The van der Waals surface area contributed by atoms with E-state index >= 15 is 0 Å². The monoisotopic (exact) mass is 1890 g/mol. The van der Waals surface area contributed by atoms with Crippen molar-refractivity contribution in [3.8, 4) is 44.5 Å². The molecule has 3 aromatic heterocycles. The lowest BCUT2D eigenvalue weighted by molar-refractivity contribution is -0.138. The second-order valence-corrected chi connectivity index (χ2v) is 24.3. The van der Waals surface area contributed by atoms with E-state index in [2.05, 4.69) is 191 Å². The molecule has 8 bridgehead atoms. The molecule has 5 heterocycles. The van der Waals surface area contributed by atoms with Crippen LogP contribution >= 0.6 is 181 Å². The number of aromatic nitrogens is 4. The molecule has 0 radical (unpaired) electrons. The van der Waals surface area contributed by atoms with E-state index in [1.807, 2.05) is 0 Å². The van der Waals surface area contributed by atoms with E-state index in [0.717, 1.165) is 48.5 Å². The minimum atomic E-state index is -4.69. The Morgan fingerprint density at radius 1 is 0.278 bits per heavy atom. The third kappa shape index (κ3) is 10.2. The highest BCUT2D eigenvalue weighted by Crippen LogP contribution is 2.53. The van der Waals surface area contributed by atoms with Gasteiger partial charge in [0.1, 0.15) is 0 Å². The molecule has 0 saturated heterocycles.